The lowest BCUT2D eigenvalue weighted by Crippen LogP contribution is -2.53. The number of aliphatic hydroxyl groups excluding tert-OH is 1. The topological polar surface area (TPSA) is 52.6 Å². The lowest BCUT2D eigenvalue weighted by Gasteiger charge is -2.36. The molecule has 3 rings (SSSR count). The minimum atomic E-state index is -0.668. The summed E-state index contributed by atoms with van der Waals surface area (Å²) in [4.78, 5) is 14.2. The summed E-state index contributed by atoms with van der Waals surface area (Å²) < 4.78 is 13.7. The standard InChI is InChI=1S/C19H21FN2O2/c20-16-9-5-4-8-15(16)12-22-11-10-17(18(23)13-22)21-19(24)14-6-2-1-3-7-14/h1-9,17-18,23H,10-13H2,(H,21,24). The third-order valence-electron chi connectivity index (χ3n) is 4.37. The van der Waals surface area contributed by atoms with Crippen LogP contribution >= 0.6 is 0 Å². The van der Waals surface area contributed by atoms with Gasteiger partial charge in [-0.1, -0.05) is 36.4 Å². The normalized spacial score (nSPS) is 21.4. The Hall–Kier alpha value is -2.24. The average Bonchev–Trinajstić information content (AvgIpc) is 2.60. The molecule has 0 radical (unpaired) electrons. The SMILES string of the molecule is O=C(NC1CCN(Cc2ccccc2F)CC1O)c1ccccc1. The van der Waals surface area contributed by atoms with Crippen LogP contribution in [0.4, 0.5) is 4.39 Å². The van der Waals surface area contributed by atoms with Crippen LogP contribution in [0.3, 0.4) is 0 Å². The van der Waals surface area contributed by atoms with Gasteiger partial charge < -0.3 is 10.4 Å². The number of carbonyl (C=O) groups is 1. The minimum Gasteiger partial charge on any atom is -0.390 e. The summed E-state index contributed by atoms with van der Waals surface area (Å²) in [6.07, 6.45) is -0.0352. The van der Waals surface area contributed by atoms with Crippen molar-refractivity contribution >= 4 is 5.91 Å². The van der Waals surface area contributed by atoms with E-state index in [1.54, 1.807) is 24.3 Å². The van der Waals surface area contributed by atoms with E-state index in [9.17, 15) is 14.3 Å². The maximum absolute atomic E-state index is 13.7. The molecule has 1 amide bonds. The number of amides is 1. The van der Waals surface area contributed by atoms with E-state index < -0.39 is 6.10 Å². The summed E-state index contributed by atoms with van der Waals surface area (Å²) in [5, 5.41) is 13.2. The molecule has 1 fully saturated rings. The van der Waals surface area contributed by atoms with Crippen molar-refractivity contribution in [3.8, 4) is 0 Å². The van der Waals surface area contributed by atoms with E-state index in [0.29, 0.717) is 37.2 Å². The summed E-state index contributed by atoms with van der Waals surface area (Å²) in [7, 11) is 0. The highest BCUT2D eigenvalue weighted by Gasteiger charge is 2.29. The van der Waals surface area contributed by atoms with Gasteiger partial charge in [0.15, 0.2) is 0 Å². The third-order valence-corrected chi connectivity index (χ3v) is 4.37. The number of aliphatic hydroxyl groups is 1. The maximum atomic E-state index is 13.7. The van der Waals surface area contributed by atoms with Crippen LogP contribution in [0.25, 0.3) is 0 Å². The Bertz CT molecular complexity index is 693. The predicted octanol–water partition coefficient (Wildman–Crippen LogP) is 2.19. The number of carbonyl (C=O) groups excluding carboxylic acids is 1. The van der Waals surface area contributed by atoms with Crippen LogP contribution in [0, 0.1) is 5.82 Å². The summed E-state index contributed by atoms with van der Waals surface area (Å²) in [5.41, 5.74) is 1.20. The zero-order chi connectivity index (χ0) is 16.9. The molecule has 0 aromatic heterocycles. The summed E-state index contributed by atoms with van der Waals surface area (Å²) >= 11 is 0. The number of piperidine rings is 1. The molecule has 126 valence electrons. The van der Waals surface area contributed by atoms with Gasteiger partial charge in [0.1, 0.15) is 5.82 Å². The molecule has 0 saturated carbocycles. The Balaban J connectivity index is 1.56. The van der Waals surface area contributed by atoms with Crippen LogP contribution in [0.5, 0.6) is 0 Å². The van der Waals surface area contributed by atoms with Crippen molar-refractivity contribution in [1.82, 2.24) is 10.2 Å². The first-order valence-electron chi connectivity index (χ1n) is 8.13. The molecule has 0 spiro atoms. The highest BCUT2D eigenvalue weighted by atomic mass is 19.1. The monoisotopic (exact) mass is 328 g/mol. The van der Waals surface area contributed by atoms with E-state index in [0.717, 1.165) is 0 Å². The Kier molecular flexibility index (Phi) is 5.23. The number of halogens is 1. The van der Waals surface area contributed by atoms with Gasteiger partial charge in [0.25, 0.3) is 5.91 Å². The third kappa shape index (κ3) is 3.99. The van der Waals surface area contributed by atoms with Crippen molar-refractivity contribution in [2.45, 2.75) is 25.1 Å². The first-order valence-corrected chi connectivity index (χ1v) is 8.13. The Morgan fingerprint density at radius 3 is 2.58 bits per heavy atom. The molecular formula is C19H21FN2O2. The van der Waals surface area contributed by atoms with Crippen molar-refractivity contribution in [2.75, 3.05) is 13.1 Å². The van der Waals surface area contributed by atoms with Crippen molar-refractivity contribution in [3.05, 3.63) is 71.5 Å². The van der Waals surface area contributed by atoms with Crippen LogP contribution in [0.2, 0.25) is 0 Å². The van der Waals surface area contributed by atoms with Crippen LogP contribution < -0.4 is 5.32 Å². The van der Waals surface area contributed by atoms with Crippen molar-refractivity contribution in [1.29, 1.82) is 0 Å². The van der Waals surface area contributed by atoms with Gasteiger partial charge in [0.2, 0.25) is 0 Å². The number of likely N-dealkylation sites (tertiary alicyclic amines) is 1. The zero-order valence-electron chi connectivity index (χ0n) is 13.4. The van der Waals surface area contributed by atoms with Crippen molar-refractivity contribution in [2.24, 2.45) is 0 Å². The van der Waals surface area contributed by atoms with Gasteiger partial charge in [-0.15, -0.1) is 0 Å². The van der Waals surface area contributed by atoms with E-state index in [-0.39, 0.29) is 17.8 Å². The minimum absolute atomic E-state index is 0.179. The Labute approximate surface area is 140 Å². The Morgan fingerprint density at radius 2 is 1.88 bits per heavy atom. The molecule has 0 bridgehead atoms. The highest BCUT2D eigenvalue weighted by Crippen LogP contribution is 2.16. The van der Waals surface area contributed by atoms with E-state index in [2.05, 4.69) is 5.32 Å². The fourth-order valence-corrected chi connectivity index (χ4v) is 3.02. The van der Waals surface area contributed by atoms with E-state index in [4.69, 9.17) is 0 Å². The quantitative estimate of drug-likeness (QED) is 0.905. The lowest BCUT2D eigenvalue weighted by atomic mass is 10.0. The molecule has 2 unspecified atom stereocenters. The molecule has 1 saturated heterocycles. The predicted molar refractivity (Wildman–Crippen MR) is 90.0 cm³/mol. The van der Waals surface area contributed by atoms with Crippen LogP contribution in [0.15, 0.2) is 54.6 Å². The smallest absolute Gasteiger partial charge is 0.251 e. The molecule has 2 aromatic carbocycles. The summed E-state index contributed by atoms with van der Waals surface area (Å²) in [5.74, 6) is -0.409. The molecule has 1 heterocycles. The second-order valence-electron chi connectivity index (χ2n) is 6.13. The van der Waals surface area contributed by atoms with Crippen LogP contribution in [0.1, 0.15) is 22.3 Å². The maximum Gasteiger partial charge on any atom is 0.251 e. The molecule has 1 aliphatic rings. The van der Waals surface area contributed by atoms with E-state index in [1.165, 1.54) is 6.07 Å². The first kappa shape index (κ1) is 16.6. The second kappa shape index (κ2) is 7.55. The molecule has 2 N–H and O–H groups in total. The van der Waals surface area contributed by atoms with Gasteiger partial charge >= 0.3 is 0 Å². The van der Waals surface area contributed by atoms with Gasteiger partial charge in [0, 0.05) is 30.8 Å². The summed E-state index contributed by atoms with van der Waals surface area (Å²) in [6, 6.07) is 15.3. The average molecular weight is 328 g/mol. The molecule has 2 aromatic rings. The Morgan fingerprint density at radius 1 is 1.17 bits per heavy atom. The first-order chi connectivity index (χ1) is 11.6. The zero-order valence-corrected chi connectivity index (χ0v) is 13.4. The molecule has 1 aliphatic heterocycles. The number of β-amino-alcohol motifs (C(OH)–C–C–N with tert-alkyl or cyclic N) is 1. The number of benzene rings is 2. The number of nitrogens with one attached hydrogen (secondary N) is 1. The largest absolute Gasteiger partial charge is 0.390 e. The van der Waals surface area contributed by atoms with Crippen molar-refractivity contribution < 1.29 is 14.3 Å². The van der Waals surface area contributed by atoms with E-state index in [1.807, 2.05) is 29.2 Å². The van der Waals surface area contributed by atoms with E-state index >= 15 is 0 Å². The molecule has 24 heavy (non-hydrogen) atoms. The number of nitrogens with zero attached hydrogens (tertiary/aromatic N) is 1. The van der Waals surface area contributed by atoms with Gasteiger partial charge in [-0.2, -0.15) is 0 Å². The van der Waals surface area contributed by atoms with Crippen LogP contribution in [-0.4, -0.2) is 41.1 Å². The summed E-state index contributed by atoms with van der Waals surface area (Å²) in [6.45, 7) is 1.57. The van der Waals surface area contributed by atoms with Gasteiger partial charge in [-0.25, -0.2) is 4.39 Å². The highest BCUT2D eigenvalue weighted by molar-refractivity contribution is 5.94. The fourth-order valence-electron chi connectivity index (χ4n) is 3.02. The molecule has 2 atom stereocenters. The number of hydrogen-bond donors (Lipinski definition) is 2. The molecule has 5 heteroatoms. The molecule has 0 aliphatic carbocycles. The van der Waals surface area contributed by atoms with Gasteiger partial charge in [0.05, 0.1) is 12.1 Å². The van der Waals surface area contributed by atoms with Gasteiger partial charge in [-0.3, -0.25) is 9.69 Å². The fraction of sp³-hybridized carbons (Fsp3) is 0.316. The van der Waals surface area contributed by atoms with Crippen molar-refractivity contribution in [3.63, 3.8) is 0 Å². The van der Waals surface area contributed by atoms with Crippen LogP contribution in [-0.2, 0) is 6.54 Å². The molecular weight excluding hydrogens is 307 g/mol. The number of hydrogen-bond acceptors (Lipinski definition) is 3. The molecule has 4 nitrogen and oxygen atoms in total. The second-order valence-corrected chi connectivity index (χ2v) is 6.13. The number of rotatable bonds is 4. The van der Waals surface area contributed by atoms with Gasteiger partial charge in [-0.05, 0) is 24.6 Å². The lowest BCUT2D eigenvalue weighted by molar-refractivity contribution is 0.0346.